The molecule has 0 aromatic heterocycles. The molecule has 1 aromatic carbocycles. The summed E-state index contributed by atoms with van der Waals surface area (Å²) in [6.07, 6.45) is 0. The fourth-order valence-electron chi connectivity index (χ4n) is 0.997. The second-order valence-corrected chi connectivity index (χ2v) is 2.43. The number of ether oxygens (including phenoxy) is 1. The summed E-state index contributed by atoms with van der Waals surface area (Å²) in [5, 5.41) is 8.50. The van der Waals surface area contributed by atoms with Crippen LogP contribution in [0.4, 0.5) is 0 Å². The Bertz CT molecular complexity index is 351. The first-order valence-electron chi connectivity index (χ1n) is 3.50. The van der Waals surface area contributed by atoms with Crippen molar-refractivity contribution in [2.75, 3.05) is 0 Å². The molecule has 1 N–H and O–H groups in total. The average molecular weight is 162 g/mol. The van der Waals surface area contributed by atoms with E-state index in [9.17, 15) is 4.79 Å². The highest BCUT2D eigenvalue weighted by molar-refractivity contribution is 6.00. The molecule has 0 amide bonds. The third kappa shape index (κ3) is 1.05. The number of benzene rings is 1. The molecule has 2 rings (SSSR count). The Morgan fingerprint density at radius 2 is 1.92 bits per heavy atom. The number of carboxylic acid groups (broad SMARTS) is 1. The van der Waals surface area contributed by atoms with E-state index in [2.05, 4.69) is 0 Å². The molecule has 3 nitrogen and oxygen atoms in total. The van der Waals surface area contributed by atoms with Gasteiger partial charge in [0, 0.05) is 5.56 Å². The summed E-state index contributed by atoms with van der Waals surface area (Å²) in [5.41, 5.74) is 0.815. The highest BCUT2D eigenvalue weighted by Gasteiger charge is 2.32. The minimum absolute atomic E-state index is 0.0567. The minimum Gasteiger partial charge on any atom is -0.475 e. The van der Waals surface area contributed by atoms with E-state index in [-0.39, 0.29) is 5.76 Å². The summed E-state index contributed by atoms with van der Waals surface area (Å²) in [5.74, 6) is -0.474. The van der Waals surface area contributed by atoms with Crippen LogP contribution in [-0.2, 0) is 9.53 Å². The Morgan fingerprint density at radius 1 is 1.25 bits per heavy atom. The SMILES string of the molecule is O=C(O)C1=C(c2ccccc2)O1. The molecule has 0 saturated carbocycles. The van der Waals surface area contributed by atoms with E-state index in [0.29, 0.717) is 5.76 Å². The van der Waals surface area contributed by atoms with E-state index in [1.54, 1.807) is 0 Å². The van der Waals surface area contributed by atoms with Crippen LogP contribution in [0.2, 0.25) is 0 Å². The predicted molar refractivity (Wildman–Crippen MR) is 42.1 cm³/mol. The third-order valence-corrected chi connectivity index (χ3v) is 1.60. The third-order valence-electron chi connectivity index (χ3n) is 1.60. The fourth-order valence-corrected chi connectivity index (χ4v) is 0.997. The number of hydrogen-bond acceptors (Lipinski definition) is 2. The van der Waals surface area contributed by atoms with Crippen LogP contribution in [0.15, 0.2) is 36.1 Å². The lowest BCUT2D eigenvalue weighted by Gasteiger charge is -1.86. The van der Waals surface area contributed by atoms with E-state index >= 15 is 0 Å². The highest BCUT2D eigenvalue weighted by atomic mass is 16.6. The molecule has 1 aliphatic heterocycles. The van der Waals surface area contributed by atoms with Crippen LogP contribution >= 0.6 is 0 Å². The molecule has 1 aromatic rings. The number of carboxylic acids is 1. The van der Waals surface area contributed by atoms with Gasteiger partial charge in [0.1, 0.15) is 0 Å². The molecule has 0 unspecified atom stereocenters. The molecule has 0 saturated heterocycles. The van der Waals surface area contributed by atoms with Gasteiger partial charge in [0.15, 0.2) is 5.76 Å². The van der Waals surface area contributed by atoms with Crippen molar-refractivity contribution in [1.29, 1.82) is 0 Å². The van der Waals surface area contributed by atoms with Gasteiger partial charge >= 0.3 is 5.97 Å². The largest absolute Gasteiger partial charge is 0.475 e. The zero-order valence-corrected chi connectivity index (χ0v) is 6.15. The maximum absolute atomic E-state index is 10.4. The van der Waals surface area contributed by atoms with E-state index < -0.39 is 5.97 Å². The van der Waals surface area contributed by atoms with Gasteiger partial charge in [-0.1, -0.05) is 30.3 Å². The molecular weight excluding hydrogens is 156 g/mol. The van der Waals surface area contributed by atoms with Gasteiger partial charge < -0.3 is 9.84 Å². The van der Waals surface area contributed by atoms with Crippen molar-refractivity contribution in [2.24, 2.45) is 0 Å². The lowest BCUT2D eigenvalue weighted by molar-refractivity contribution is -0.133. The summed E-state index contributed by atoms with van der Waals surface area (Å²) in [6, 6.07) is 9.16. The molecule has 3 heteroatoms. The van der Waals surface area contributed by atoms with Crippen molar-refractivity contribution in [1.82, 2.24) is 0 Å². The van der Waals surface area contributed by atoms with Crippen LogP contribution in [-0.4, -0.2) is 11.1 Å². The topological polar surface area (TPSA) is 49.8 Å². The summed E-state index contributed by atoms with van der Waals surface area (Å²) in [7, 11) is 0. The molecule has 1 heterocycles. The zero-order valence-electron chi connectivity index (χ0n) is 6.15. The van der Waals surface area contributed by atoms with Crippen LogP contribution in [0.25, 0.3) is 5.76 Å². The minimum atomic E-state index is -1.01. The summed E-state index contributed by atoms with van der Waals surface area (Å²) < 4.78 is 4.80. The molecule has 12 heavy (non-hydrogen) atoms. The molecule has 60 valence electrons. The van der Waals surface area contributed by atoms with Gasteiger partial charge in [-0.05, 0) is 0 Å². The lowest BCUT2D eigenvalue weighted by Crippen LogP contribution is -1.88. The smallest absolute Gasteiger partial charge is 0.375 e. The summed E-state index contributed by atoms with van der Waals surface area (Å²) in [4.78, 5) is 10.4. The normalized spacial score (nSPS) is 14.0. The standard InChI is InChI=1S/C9H6O3/c10-9(11)8-7(12-8)6-4-2-1-3-5-6/h1-5H,(H,10,11). The van der Waals surface area contributed by atoms with Gasteiger partial charge in [-0.2, -0.15) is 0 Å². The van der Waals surface area contributed by atoms with Gasteiger partial charge in [0.25, 0.3) is 5.76 Å². The van der Waals surface area contributed by atoms with Crippen LogP contribution < -0.4 is 0 Å². The second-order valence-electron chi connectivity index (χ2n) is 2.43. The van der Waals surface area contributed by atoms with Crippen molar-refractivity contribution in [3.63, 3.8) is 0 Å². The molecule has 0 radical (unpaired) electrons. The van der Waals surface area contributed by atoms with E-state index in [1.165, 1.54) is 0 Å². The van der Waals surface area contributed by atoms with Gasteiger partial charge in [-0.25, -0.2) is 4.79 Å². The van der Waals surface area contributed by atoms with Crippen molar-refractivity contribution in [2.45, 2.75) is 0 Å². The highest BCUT2D eigenvalue weighted by Crippen LogP contribution is 2.35. The first kappa shape index (κ1) is 6.91. The first-order valence-corrected chi connectivity index (χ1v) is 3.50. The van der Waals surface area contributed by atoms with Crippen LogP contribution in [0, 0.1) is 0 Å². The van der Waals surface area contributed by atoms with Gasteiger partial charge in [-0.3, -0.25) is 0 Å². The molecular formula is C9H6O3. The Hall–Kier alpha value is -1.77. The number of aliphatic carboxylic acids is 1. The number of rotatable bonds is 2. The lowest BCUT2D eigenvalue weighted by atomic mass is 10.2. The Morgan fingerprint density at radius 3 is 2.42 bits per heavy atom. The maximum Gasteiger partial charge on any atom is 0.375 e. The maximum atomic E-state index is 10.4. The van der Waals surface area contributed by atoms with Crippen LogP contribution in [0.3, 0.4) is 0 Å². The molecule has 0 fully saturated rings. The zero-order chi connectivity index (χ0) is 8.55. The fraction of sp³-hybridized carbons (Fsp3) is 0. The average Bonchev–Trinajstić information content (AvgIpc) is 2.84. The Balaban J connectivity index is 2.31. The number of hydrogen-bond donors (Lipinski definition) is 1. The Labute approximate surface area is 68.9 Å². The van der Waals surface area contributed by atoms with Crippen LogP contribution in [0.5, 0.6) is 0 Å². The van der Waals surface area contributed by atoms with Crippen molar-refractivity contribution < 1.29 is 14.6 Å². The quantitative estimate of drug-likeness (QED) is 0.716. The molecule has 0 spiro atoms. The van der Waals surface area contributed by atoms with E-state index in [4.69, 9.17) is 9.84 Å². The van der Waals surface area contributed by atoms with Crippen molar-refractivity contribution >= 4 is 11.7 Å². The molecule has 0 bridgehead atoms. The molecule has 1 aliphatic rings. The van der Waals surface area contributed by atoms with E-state index in [1.807, 2.05) is 30.3 Å². The number of carbonyl (C=O) groups is 1. The summed E-state index contributed by atoms with van der Waals surface area (Å²) in [6.45, 7) is 0. The van der Waals surface area contributed by atoms with Crippen molar-refractivity contribution in [3.05, 3.63) is 41.7 Å². The predicted octanol–water partition coefficient (Wildman–Crippen LogP) is 1.47. The summed E-state index contributed by atoms with van der Waals surface area (Å²) >= 11 is 0. The van der Waals surface area contributed by atoms with Gasteiger partial charge in [0.2, 0.25) is 0 Å². The second kappa shape index (κ2) is 2.37. The first-order chi connectivity index (χ1) is 5.79. The van der Waals surface area contributed by atoms with Gasteiger partial charge in [0.05, 0.1) is 0 Å². The van der Waals surface area contributed by atoms with Crippen LogP contribution in [0.1, 0.15) is 5.56 Å². The Kier molecular flexibility index (Phi) is 1.37. The molecule has 0 aliphatic carbocycles. The van der Waals surface area contributed by atoms with Gasteiger partial charge in [-0.15, -0.1) is 0 Å². The molecule has 0 atom stereocenters. The monoisotopic (exact) mass is 162 g/mol. The van der Waals surface area contributed by atoms with E-state index in [0.717, 1.165) is 5.56 Å². The van der Waals surface area contributed by atoms with Crippen molar-refractivity contribution in [3.8, 4) is 0 Å².